The van der Waals surface area contributed by atoms with Gasteiger partial charge < -0.3 is 19.5 Å². The molecule has 0 spiro atoms. The Bertz CT molecular complexity index is 712. The lowest BCUT2D eigenvalue weighted by Crippen LogP contribution is -2.26. The summed E-state index contributed by atoms with van der Waals surface area (Å²) in [4.78, 5) is 12.3. The average molecular weight is 357 g/mol. The monoisotopic (exact) mass is 357 g/mol. The summed E-state index contributed by atoms with van der Waals surface area (Å²) in [5.74, 6) is 2.35. The molecule has 1 atom stereocenters. The number of methoxy groups -OCH3 is 2. The Morgan fingerprint density at radius 1 is 1.04 bits per heavy atom. The first-order chi connectivity index (χ1) is 12.6. The van der Waals surface area contributed by atoms with Crippen LogP contribution in [-0.2, 0) is 11.2 Å². The molecule has 0 aromatic heterocycles. The number of carbonyl (C=O) groups excluding carboxylic acids is 1. The predicted octanol–water partition coefficient (Wildman–Crippen LogP) is 3.91. The van der Waals surface area contributed by atoms with Gasteiger partial charge in [-0.1, -0.05) is 12.1 Å². The maximum Gasteiger partial charge on any atom is 0.220 e. The summed E-state index contributed by atoms with van der Waals surface area (Å²) < 4.78 is 16.0. The van der Waals surface area contributed by atoms with E-state index in [2.05, 4.69) is 5.32 Å². The summed E-state index contributed by atoms with van der Waals surface area (Å²) >= 11 is 0. The van der Waals surface area contributed by atoms with Crippen molar-refractivity contribution >= 4 is 5.91 Å². The lowest BCUT2D eigenvalue weighted by Gasteiger charge is -2.15. The molecular weight excluding hydrogens is 330 g/mol. The summed E-state index contributed by atoms with van der Waals surface area (Å²) in [5.41, 5.74) is 2.00. The predicted molar refractivity (Wildman–Crippen MR) is 102 cm³/mol. The fourth-order valence-corrected chi connectivity index (χ4v) is 2.74. The minimum atomic E-state index is -0.0645. The van der Waals surface area contributed by atoms with Crippen LogP contribution in [0.5, 0.6) is 17.2 Å². The molecule has 0 aliphatic rings. The highest BCUT2D eigenvalue weighted by Crippen LogP contribution is 2.25. The number of nitrogens with one attached hydrogen (secondary N) is 1. The molecule has 2 rings (SSSR count). The van der Waals surface area contributed by atoms with Crippen molar-refractivity contribution in [3.05, 3.63) is 53.6 Å². The van der Waals surface area contributed by atoms with Crippen LogP contribution < -0.4 is 19.5 Å². The first kappa shape index (κ1) is 19.6. The van der Waals surface area contributed by atoms with Crippen molar-refractivity contribution < 1.29 is 19.0 Å². The molecule has 0 radical (unpaired) electrons. The molecule has 1 N–H and O–H groups in total. The van der Waals surface area contributed by atoms with Gasteiger partial charge in [-0.15, -0.1) is 0 Å². The number of benzene rings is 2. The van der Waals surface area contributed by atoms with Crippen LogP contribution in [0.25, 0.3) is 0 Å². The minimum Gasteiger partial charge on any atom is -0.497 e. The molecule has 0 bridgehead atoms. The van der Waals surface area contributed by atoms with Crippen molar-refractivity contribution in [1.29, 1.82) is 0 Å². The van der Waals surface area contributed by atoms with Crippen molar-refractivity contribution in [1.82, 2.24) is 5.32 Å². The van der Waals surface area contributed by atoms with E-state index >= 15 is 0 Å². The van der Waals surface area contributed by atoms with Gasteiger partial charge in [0.1, 0.15) is 17.2 Å². The molecule has 2 aromatic rings. The quantitative estimate of drug-likeness (QED) is 0.739. The Balaban J connectivity index is 1.92. The van der Waals surface area contributed by atoms with Crippen LogP contribution >= 0.6 is 0 Å². The molecule has 1 unspecified atom stereocenters. The van der Waals surface area contributed by atoms with Gasteiger partial charge in [-0.05, 0) is 61.7 Å². The van der Waals surface area contributed by atoms with Gasteiger partial charge in [0.2, 0.25) is 5.91 Å². The van der Waals surface area contributed by atoms with Gasteiger partial charge in [-0.25, -0.2) is 0 Å². The molecular formula is C21H27NO4. The molecule has 5 nitrogen and oxygen atoms in total. The molecule has 0 aliphatic carbocycles. The highest BCUT2D eigenvalue weighted by atomic mass is 16.5. The number of carbonyl (C=O) groups is 1. The molecule has 0 saturated heterocycles. The third kappa shape index (κ3) is 5.41. The van der Waals surface area contributed by atoms with Gasteiger partial charge in [0.15, 0.2) is 0 Å². The van der Waals surface area contributed by atoms with Gasteiger partial charge in [-0.2, -0.15) is 0 Å². The highest BCUT2D eigenvalue weighted by Gasteiger charge is 2.12. The smallest absolute Gasteiger partial charge is 0.220 e. The van der Waals surface area contributed by atoms with Crippen molar-refractivity contribution in [2.24, 2.45) is 0 Å². The standard InChI is InChI=1S/C21H27NO4/c1-5-26-18-9-6-16(7-10-18)15(2)22-21(23)13-8-17-14-19(24-3)11-12-20(17)25-4/h6-7,9-12,14-15H,5,8,13H2,1-4H3,(H,22,23). The summed E-state index contributed by atoms with van der Waals surface area (Å²) in [6.07, 6.45) is 0.965. The van der Waals surface area contributed by atoms with Gasteiger partial charge in [0, 0.05) is 6.42 Å². The van der Waals surface area contributed by atoms with Crippen molar-refractivity contribution in [2.45, 2.75) is 32.7 Å². The maximum absolute atomic E-state index is 12.3. The molecule has 5 heteroatoms. The van der Waals surface area contributed by atoms with E-state index in [0.717, 1.165) is 28.4 Å². The fourth-order valence-electron chi connectivity index (χ4n) is 2.74. The summed E-state index contributed by atoms with van der Waals surface area (Å²) in [6.45, 7) is 4.56. The number of amides is 1. The SMILES string of the molecule is CCOc1ccc(C(C)NC(=O)CCc2cc(OC)ccc2OC)cc1. The average Bonchev–Trinajstić information content (AvgIpc) is 2.66. The zero-order valence-electron chi connectivity index (χ0n) is 15.9. The largest absolute Gasteiger partial charge is 0.497 e. The Morgan fingerprint density at radius 2 is 1.73 bits per heavy atom. The van der Waals surface area contributed by atoms with E-state index in [0.29, 0.717) is 19.4 Å². The van der Waals surface area contributed by atoms with E-state index in [9.17, 15) is 4.79 Å². The molecule has 26 heavy (non-hydrogen) atoms. The number of aryl methyl sites for hydroxylation is 1. The third-order valence-corrected chi connectivity index (χ3v) is 4.18. The van der Waals surface area contributed by atoms with Gasteiger partial charge in [0.25, 0.3) is 0 Å². The molecule has 0 heterocycles. The second-order valence-electron chi connectivity index (χ2n) is 5.97. The molecule has 0 saturated carbocycles. The number of rotatable bonds is 9. The van der Waals surface area contributed by atoms with Crippen molar-refractivity contribution in [2.75, 3.05) is 20.8 Å². The number of ether oxygens (including phenoxy) is 3. The molecule has 2 aromatic carbocycles. The summed E-state index contributed by atoms with van der Waals surface area (Å²) in [7, 11) is 3.25. The van der Waals surface area contributed by atoms with Crippen LogP contribution in [0.1, 0.15) is 37.4 Å². The summed E-state index contributed by atoms with van der Waals surface area (Å²) in [5, 5.41) is 3.03. The van der Waals surface area contributed by atoms with Crippen LogP contribution in [0, 0.1) is 0 Å². The van der Waals surface area contributed by atoms with Crippen LogP contribution in [0.3, 0.4) is 0 Å². The lowest BCUT2D eigenvalue weighted by molar-refractivity contribution is -0.121. The van der Waals surface area contributed by atoms with Crippen molar-refractivity contribution in [3.63, 3.8) is 0 Å². The van der Waals surface area contributed by atoms with Gasteiger partial charge in [-0.3, -0.25) is 4.79 Å². The van der Waals surface area contributed by atoms with E-state index in [1.54, 1.807) is 14.2 Å². The van der Waals surface area contributed by atoms with Crippen LogP contribution in [0.2, 0.25) is 0 Å². The Labute approximate surface area is 155 Å². The number of hydrogen-bond acceptors (Lipinski definition) is 4. The molecule has 0 fully saturated rings. The molecule has 0 aliphatic heterocycles. The molecule has 140 valence electrons. The Hall–Kier alpha value is -2.69. The Kier molecular flexibility index (Phi) is 7.33. The maximum atomic E-state index is 12.3. The topological polar surface area (TPSA) is 56.8 Å². The van der Waals surface area contributed by atoms with Crippen LogP contribution in [0.4, 0.5) is 0 Å². The highest BCUT2D eigenvalue weighted by molar-refractivity contribution is 5.76. The fraction of sp³-hybridized carbons (Fsp3) is 0.381. The van der Waals surface area contributed by atoms with Crippen LogP contribution in [0.15, 0.2) is 42.5 Å². The second kappa shape index (κ2) is 9.70. The van der Waals surface area contributed by atoms with Gasteiger partial charge in [0.05, 0.1) is 26.9 Å². The summed E-state index contributed by atoms with van der Waals surface area (Å²) in [6, 6.07) is 13.3. The van der Waals surface area contributed by atoms with E-state index in [-0.39, 0.29) is 11.9 Å². The molecule has 1 amide bonds. The van der Waals surface area contributed by atoms with E-state index in [4.69, 9.17) is 14.2 Å². The second-order valence-corrected chi connectivity index (χ2v) is 5.97. The normalized spacial score (nSPS) is 11.5. The van der Waals surface area contributed by atoms with Crippen molar-refractivity contribution in [3.8, 4) is 17.2 Å². The Morgan fingerprint density at radius 3 is 2.35 bits per heavy atom. The van der Waals surface area contributed by atoms with E-state index in [1.807, 2.05) is 56.3 Å². The lowest BCUT2D eigenvalue weighted by atomic mass is 10.1. The zero-order valence-corrected chi connectivity index (χ0v) is 15.9. The minimum absolute atomic E-state index is 0.00347. The van der Waals surface area contributed by atoms with E-state index in [1.165, 1.54) is 0 Å². The first-order valence-electron chi connectivity index (χ1n) is 8.80. The van der Waals surface area contributed by atoms with Crippen LogP contribution in [-0.4, -0.2) is 26.7 Å². The zero-order chi connectivity index (χ0) is 18.9. The van der Waals surface area contributed by atoms with Gasteiger partial charge >= 0.3 is 0 Å². The first-order valence-corrected chi connectivity index (χ1v) is 8.80. The van der Waals surface area contributed by atoms with E-state index < -0.39 is 0 Å². The third-order valence-electron chi connectivity index (χ3n) is 4.18. The number of hydrogen-bond donors (Lipinski definition) is 1.